The maximum absolute atomic E-state index is 12.0. The van der Waals surface area contributed by atoms with Crippen molar-refractivity contribution in [3.05, 3.63) is 18.1 Å². The van der Waals surface area contributed by atoms with Gasteiger partial charge in [0, 0.05) is 6.04 Å². The van der Waals surface area contributed by atoms with Gasteiger partial charge in [-0.05, 0) is 42.9 Å². The van der Waals surface area contributed by atoms with Crippen LogP contribution in [0.5, 0.6) is 0 Å². The Morgan fingerprint density at radius 3 is 2.67 bits per heavy atom. The number of nitrogen functional groups attached to an aromatic ring is 1. The van der Waals surface area contributed by atoms with Crippen LogP contribution in [0.4, 0.5) is 5.82 Å². The van der Waals surface area contributed by atoms with Crippen molar-refractivity contribution in [2.24, 2.45) is 23.7 Å². The van der Waals surface area contributed by atoms with Crippen molar-refractivity contribution < 1.29 is 4.79 Å². The minimum Gasteiger partial charge on any atom is -0.382 e. The standard InChI is InChI=1S/C13H16N4O/c14-9-5-15-4-8(16-9)13(18)17-12-10-6-1-2-7(3-6)11(10)12/h4-7,10-12H,1-3H2,(H2,14,16)(H,17,18). The van der Waals surface area contributed by atoms with Gasteiger partial charge in [-0.15, -0.1) is 0 Å². The van der Waals surface area contributed by atoms with E-state index in [9.17, 15) is 4.79 Å². The van der Waals surface area contributed by atoms with E-state index in [0.29, 0.717) is 17.6 Å². The second-order valence-corrected chi connectivity index (χ2v) is 5.82. The third kappa shape index (κ3) is 1.36. The molecular weight excluding hydrogens is 228 g/mol. The van der Waals surface area contributed by atoms with E-state index in [0.717, 1.165) is 23.7 Å². The number of rotatable bonds is 2. The first kappa shape index (κ1) is 10.3. The van der Waals surface area contributed by atoms with E-state index in [1.165, 1.54) is 31.7 Å². The van der Waals surface area contributed by atoms with Crippen LogP contribution in [0.15, 0.2) is 12.4 Å². The summed E-state index contributed by atoms with van der Waals surface area (Å²) in [4.78, 5) is 19.9. The number of fused-ring (bicyclic) bond motifs is 5. The number of hydrogen-bond donors (Lipinski definition) is 2. The molecule has 0 radical (unpaired) electrons. The van der Waals surface area contributed by atoms with E-state index < -0.39 is 0 Å². The van der Waals surface area contributed by atoms with Gasteiger partial charge in [0.15, 0.2) is 0 Å². The molecule has 1 amide bonds. The Labute approximate surface area is 105 Å². The largest absolute Gasteiger partial charge is 0.382 e. The Hall–Kier alpha value is -1.65. The fourth-order valence-corrected chi connectivity index (χ4v) is 4.23. The molecule has 3 N–H and O–H groups in total. The molecule has 0 spiro atoms. The van der Waals surface area contributed by atoms with Crippen molar-refractivity contribution in [2.75, 3.05) is 5.73 Å². The lowest BCUT2D eigenvalue weighted by Crippen LogP contribution is -2.30. The highest BCUT2D eigenvalue weighted by Crippen LogP contribution is 2.65. The summed E-state index contributed by atoms with van der Waals surface area (Å²) in [5, 5.41) is 3.10. The van der Waals surface area contributed by atoms with Gasteiger partial charge in [0.25, 0.3) is 5.91 Å². The van der Waals surface area contributed by atoms with Crippen LogP contribution in [0.2, 0.25) is 0 Å². The molecule has 18 heavy (non-hydrogen) atoms. The van der Waals surface area contributed by atoms with E-state index in [1.807, 2.05) is 0 Å². The minimum absolute atomic E-state index is 0.131. The average molecular weight is 244 g/mol. The normalized spacial score (nSPS) is 39.4. The van der Waals surface area contributed by atoms with E-state index in [-0.39, 0.29) is 5.91 Å². The SMILES string of the molecule is Nc1cncc(C(=O)NC2C3C4CCC(C4)C23)n1. The number of carbonyl (C=O) groups is 1. The summed E-state index contributed by atoms with van der Waals surface area (Å²) in [6, 6.07) is 0.381. The van der Waals surface area contributed by atoms with Crippen LogP contribution in [0.25, 0.3) is 0 Å². The molecule has 2 bridgehead atoms. The smallest absolute Gasteiger partial charge is 0.271 e. The van der Waals surface area contributed by atoms with Gasteiger partial charge in [-0.2, -0.15) is 0 Å². The first-order valence-corrected chi connectivity index (χ1v) is 6.62. The number of carbonyl (C=O) groups excluding carboxylic acids is 1. The van der Waals surface area contributed by atoms with E-state index in [2.05, 4.69) is 15.3 Å². The Kier molecular flexibility index (Phi) is 1.96. The van der Waals surface area contributed by atoms with Crippen molar-refractivity contribution >= 4 is 11.7 Å². The van der Waals surface area contributed by atoms with Crippen molar-refractivity contribution in [3.8, 4) is 0 Å². The first-order valence-electron chi connectivity index (χ1n) is 6.62. The molecule has 3 aliphatic carbocycles. The summed E-state index contributed by atoms with van der Waals surface area (Å²) in [6.07, 6.45) is 7.02. The van der Waals surface area contributed by atoms with Gasteiger partial charge in [0.1, 0.15) is 11.5 Å². The number of hydrogen-bond acceptors (Lipinski definition) is 4. The van der Waals surface area contributed by atoms with E-state index in [4.69, 9.17) is 5.73 Å². The minimum atomic E-state index is -0.131. The zero-order valence-corrected chi connectivity index (χ0v) is 10.0. The zero-order chi connectivity index (χ0) is 12.3. The molecule has 0 aliphatic heterocycles. The maximum atomic E-state index is 12.0. The Balaban J connectivity index is 1.46. The van der Waals surface area contributed by atoms with Crippen LogP contribution in [-0.2, 0) is 0 Å². The summed E-state index contributed by atoms with van der Waals surface area (Å²) in [7, 11) is 0. The summed E-state index contributed by atoms with van der Waals surface area (Å²) in [5.41, 5.74) is 5.86. The number of amides is 1. The summed E-state index contributed by atoms with van der Waals surface area (Å²) in [5.74, 6) is 3.35. The molecule has 3 aliphatic rings. The zero-order valence-electron chi connectivity index (χ0n) is 10.0. The lowest BCUT2D eigenvalue weighted by atomic mass is 10.0. The highest BCUT2D eigenvalue weighted by Gasteiger charge is 2.65. The number of nitrogens with zero attached hydrogens (tertiary/aromatic N) is 2. The average Bonchev–Trinajstić information content (AvgIpc) is 2.77. The predicted molar refractivity (Wildman–Crippen MR) is 65.5 cm³/mol. The molecule has 3 saturated carbocycles. The van der Waals surface area contributed by atoms with Crippen LogP contribution in [0.3, 0.4) is 0 Å². The molecule has 94 valence electrons. The van der Waals surface area contributed by atoms with Gasteiger partial charge in [-0.25, -0.2) is 4.98 Å². The molecule has 4 rings (SSSR count). The van der Waals surface area contributed by atoms with Crippen LogP contribution < -0.4 is 11.1 Å². The second kappa shape index (κ2) is 3.43. The van der Waals surface area contributed by atoms with Crippen LogP contribution in [0, 0.1) is 23.7 Å². The van der Waals surface area contributed by atoms with Crippen molar-refractivity contribution in [1.82, 2.24) is 15.3 Å². The molecular formula is C13H16N4O. The molecule has 5 nitrogen and oxygen atoms in total. The van der Waals surface area contributed by atoms with Crippen LogP contribution >= 0.6 is 0 Å². The summed E-state index contributed by atoms with van der Waals surface area (Å²) in [6.45, 7) is 0. The molecule has 5 heteroatoms. The molecule has 1 aromatic heterocycles. The summed E-state index contributed by atoms with van der Waals surface area (Å²) >= 11 is 0. The number of anilines is 1. The van der Waals surface area contributed by atoms with Gasteiger partial charge in [0.05, 0.1) is 12.4 Å². The molecule has 1 heterocycles. The monoisotopic (exact) mass is 244 g/mol. The van der Waals surface area contributed by atoms with E-state index >= 15 is 0 Å². The van der Waals surface area contributed by atoms with Gasteiger partial charge in [-0.1, -0.05) is 0 Å². The third-order valence-corrected chi connectivity index (χ3v) is 4.92. The number of nitrogens with one attached hydrogen (secondary N) is 1. The maximum Gasteiger partial charge on any atom is 0.271 e. The van der Waals surface area contributed by atoms with Crippen molar-refractivity contribution in [2.45, 2.75) is 25.3 Å². The van der Waals surface area contributed by atoms with Gasteiger partial charge in [0.2, 0.25) is 0 Å². The molecule has 0 aromatic carbocycles. The lowest BCUT2D eigenvalue weighted by molar-refractivity contribution is 0.0939. The molecule has 1 aromatic rings. The van der Waals surface area contributed by atoms with Gasteiger partial charge in [-0.3, -0.25) is 9.78 Å². The molecule has 0 saturated heterocycles. The number of aromatic nitrogens is 2. The Bertz CT molecular complexity index is 501. The van der Waals surface area contributed by atoms with Crippen LogP contribution in [-0.4, -0.2) is 21.9 Å². The van der Waals surface area contributed by atoms with Crippen molar-refractivity contribution in [3.63, 3.8) is 0 Å². The highest BCUT2D eigenvalue weighted by molar-refractivity contribution is 5.92. The Morgan fingerprint density at radius 2 is 2.00 bits per heavy atom. The quantitative estimate of drug-likeness (QED) is 0.807. The van der Waals surface area contributed by atoms with Gasteiger partial charge < -0.3 is 11.1 Å². The fraction of sp³-hybridized carbons (Fsp3) is 0.615. The number of nitrogens with two attached hydrogens (primary N) is 1. The van der Waals surface area contributed by atoms with Crippen LogP contribution in [0.1, 0.15) is 29.8 Å². The predicted octanol–water partition coefficient (Wildman–Crippen LogP) is 0.833. The Morgan fingerprint density at radius 1 is 1.28 bits per heavy atom. The topological polar surface area (TPSA) is 80.9 Å². The highest BCUT2D eigenvalue weighted by atomic mass is 16.2. The van der Waals surface area contributed by atoms with Crippen molar-refractivity contribution in [1.29, 1.82) is 0 Å². The molecule has 4 atom stereocenters. The van der Waals surface area contributed by atoms with E-state index in [1.54, 1.807) is 0 Å². The first-order chi connectivity index (χ1) is 8.74. The molecule has 4 unspecified atom stereocenters. The second-order valence-electron chi connectivity index (χ2n) is 5.82. The third-order valence-electron chi connectivity index (χ3n) is 4.92. The fourth-order valence-electron chi connectivity index (χ4n) is 4.23. The van der Waals surface area contributed by atoms with Gasteiger partial charge >= 0.3 is 0 Å². The molecule has 3 fully saturated rings. The lowest BCUT2D eigenvalue weighted by Gasteiger charge is -2.10. The summed E-state index contributed by atoms with van der Waals surface area (Å²) < 4.78 is 0.